The lowest BCUT2D eigenvalue weighted by Gasteiger charge is -2.28. The molecule has 0 aliphatic carbocycles. The van der Waals surface area contributed by atoms with E-state index >= 15 is 0 Å². The molecule has 2 aromatic carbocycles. The van der Waals surface area contributed by atoms with Crippen LogP contribution in [0.2, 0.25) is 0 Å². The van der Waals surface area contributed by atoms with E-state index in [2.05, 4.69) is 10.2 Å². The van der Waals surface area contributed by atoms with Crippen molar-refractivity contribution in [3.63, 3.8) is 0 Å². The molecule has 2 N–H and O–H groups in total. The number of Topliss-reactive ketones (excluding diaryl/α,β-unsaturated/α-hetero) is 1. The second-order valence-electron chi connectivity index (χ2n) is 7.05. The molecule has 0 spiro atoms. The van der Waals surface area contributed by atoms with E-state index in [0.717, 1.165) is 25.9 Å². The van der Waals surface area contributed by atoms with Crippen molar-refractivity contribution < 1.29 is 26.7 Å². The van der Waals surface area contributed by atoms with Crippen molar-refractivity contribution in [1.82, 2.24) is 4.90 Å². The van der Waals surface area contributed by atoms with Crippen LogP contribution in [-0.4, -0.2) is 35.9 Å². The van der Waals surface area contributed by atoms with Gasteiger partial charge in [-0.15, -0.1) is 0 Å². The molecule has 30 heavy (non-hydrogen) atoms. The fourth-order valence-corrected chi connectivity index (χ4v) is 3.47. The van der Waals surface area contributed by atoms with Crippen molar-refractivity contribution in [1.29, 1.82) is 0 Å². The van der Waals surface area contributed by atoms with Crippen LogP contribution in [0.1, 0.15) is 23.2 Å². The van der Waals surface area contributed by atoms with Gasteiger partial charge in [0.2, 0.25) is 5.82 Å². The summed E-state index contributed by atoms with van der Waals surface area (Å²) in [5.41, 5.74) is -0.494. The third-order valence-electron chi connectivity index (χ3n) is 4.94. The maximum absolute atomic E-state index is 13.8. The molecule has 160 valence electrons. The first kappa shape index (κ1) is 22.1. The van der Waals surface area contributed by atoms with E-state index in [-0.39, 0.29) is 11.7 Å². The summed E-state index contributed by atoms with van der Waals surface area (Å²) in [6.45, 7) is 1.65. The Kier molecular flexibility index (Phi) is 6.67. The van der Waals surface area contributed by atoms with Crippen LogP contribution >= 0.6 is 12.2 Å². The van der Waals surface area contributed by atoms with Gasteiger partial charge < -0.3 is 15.5 Å². The molecule has 0 amide bonds. The highest BCUT2D eigenvalue weighted by Gasteiger charge is 2.27. The van der Waals surface area contributed by atoms with Crippen molar-refractivity contribution in [2.75, 3.05) is 30.8 Å². The van der Waals surface area contributed by atoms with Crippen LogP contribution in [0.4, 0.5) is 33.3 Å². The minimum absolute atomic E-state index is 0.0228. The molecule has 1 aliphatic heterocycles. The number of anilines is 2. The van der Waals surface area contributed by atoms with E-state index in [1.807, 2.05) is 12.4 Å². The molecule has 4 nitrogen and oxygen atoms in total. The summed E-state index contributed by atoms with van der Waals surface area (Å²) in [4.78, 5) is 14.9. The van der Waals surface area contributed by atoms with Gasteiger partial charge in [-0.05, 0) is 57.3 Å². The molecule has 0 bridgehead atoms. The van der Waals surface area contributed by atoms with E-state index in [9.17, 15) is 26.7 Å². The first-order valence-electron chi connectivity index (χ1n) is 9.11. The molecule has 1 saturated heterocycles. The molecule has 1 heterocycles. The molecule has 0 atom stereocenters. The van der Waals surface area contributed by atoms with E-state index < -0.39 is 39.9 Å². The second kappa shape index (κ2) is 9.05. The molecule has 1 fully saturated rings. The maximum atomic E-state index is 13.8. The maximum Gasteiger partial charge on any atom is 0.200 e. The number of carbonyl (C=O) groups excluding carboxylic acids is 1. The first-order chi connectivity index (χ1) is 14.2. The van der Waals surface area contributed by atoms with E-state index in [4.69, 9.17) is 12.2 Å². The topological polar surface area (TPSA) is 44.4 Å². The lowest BCUT2D eigenvalue weighted by molar-refractivity contribution is 0.0857. The number of likely N-dealkylation sites (tertiary alicyclic amines) is 1. The molecule has 3 rings (SSSR count). The number of hydrogen-bond donors (Lipinski definition) is 2. The summed E-state index contributed by atoms with van der Waals surface area (Å²) in [5.74, 6) is -10.6. The fourth-order valence-electron chi connectivity index (χ4n) is 3.25. The summed E-state index contributed by atoms with van der Waals surface area (Å²) in [6.07, 6.45) is 1.49. The van der Waals surface area contributed by atoms with Gasteiger partial charge in [-0.3, -0.25) is 4.79 Å². The Morgan fingerprint density at radius 2 is 1.53 bits per heavy atom. The number of nitrogens with zero attached hydrogens (tertiary/aromatic N) is 1. The third-order valence-corrected chi connectivity index (χ3v) is 5.15. The lowest BCUT2D eigenvalue weighted by Crippen LogP contribution is -2.33. The zero-order chi connectivity index (χ0) is 22.0. The Labute approximate surface area is 175 Å². The van der Waals surface area contributed by atoms with Crippen LogP contribution < -0.4 is 10.6 Å². The monoisotopic (exact) mass is 443 g/mol. The number of halogens is 5. The second-order valence-corrected chi connectivity index (χ2v) is 7.45. The zero-order valence-corrected chi connectivity index (χ0v) is 16.7. The van der Waals surface area contributed by atoms with Gasteiger partial charge in [0.05, 0.1) is 0 Å². The molecule has 0 saturated carbocycles. The number of benzene rings is 2. The Morgan fingerprint density at radius 3 is 2.13 bits per heavy atom. The minimum atomic E-state index is -2.26. The average molecular weight is 443 g/mol. The van der Waals surface area contributed by atoms with Crippen molar-refractivity contribution in [3.8, 4) is 0 Å². The van der Waals surface area contributed by atoms with Gasteiger partial charge in [0, 0.05) is 17.2 Å². The number of nitrogens with one attached hydrogen (secondary N) is 2. The molecule has 2 aromatic rings. The van der Waals surface area contributed by atoms with Gasteiger partial charge in [-0.2, -0.15) is 0 Å². The number of ketones is 1. The van der Waals surface area contributed by atoms with Gasteiger partial charge in [0.1, 0.15) is 5.69 Å². The molecule has 0 aromatic heterocycles. The third kappa shape index (κ3) is 4.59. The summed E-state index contributed by atoms with van der Waals surface area (Å²) in [5, 5.41) is 4.18. The molecule has 0 unspecified atom stereocenters. The van der Waals surface area contributed by atoms with Crippen molar-refractivity contribution >= 4 is 34.5 Å². The van der Waals surface area contributed by atoms with E-state index in [1.54, 1.807) is 18.2 Å². The van der Waals surface area contributed by atoms with Crippen LogP contribution in [0.5, 0.6) is 0 Å². The number of piperidine rings is 1. The zero-order valence-electron chi connectivity index (χ0n) is 15.9. The minimum Gasteiger partial charge on any atom is -0.332 e. The molecule has 10 heteroatoms. The number of carbonyl (C=O) groups is 1. The molecule has 0 radical (unpaired) electrons. The molecule has 1 aliphatic rings. The van der Waals surface area contributed by atoms with Crippen LogP contribution in [0.15, 0.2) is 24.3 Å². The van der Waals surface area contributed by atoms with Gasteiger partial charge in [0.15, 0.2) is 34.2 Å². The highest BCUT2D eigenvalue weighted by molar-refractivity contribution is 7.80. The highest BCUT2D eigenvalue weighted by Crippen LogP contribution is 2.27. The standard InChI is InChI=1S/C20H18F5N3OS/c1-28-7-5-10(6-8-28)19(29)11-3-2-4-12(9-11)26-20(30)27-18-16(24)14(22)13(21)15(23)17(18)25/h2-4,9-10H,5-8H2,1H3,(H2,26,27,30). The van der Waals surface area contributed by atoms with Crippen LogP contribution in [0.3, 0.4) is 0 Å². The van der Waals surface area contributed by atoms with Crippen molar-refractivity contribution in [2.45, 2.75) is 12.8 Å². The van der Waals surface area contributed by atoms with E-state index in [0.29, 0.717) is 11.3 Å². The van der Waals surface area contributed by atoms with E-state index in [1.165, 1.54) is 6.07 Å². The van der Waals surface area contributed by atoms with Gasteiger partial charge in [-0.1, -0.05) is 12.1 Å². The fraction of sp³-hybridized carbons (Fsp3) is 0.300. The Bertz CT molecular complexity index is 964. The summed E-state index contributed by atoms with van der Waals surface area (Å²) in [7, 11) is 1.99. The summed E-state index contributed by atoms with van der Waals surface area (Å²) in [6, 6.07) is 6.32. The highest BCUT2D eigenvalue weighted by atomic mass is 32.1. The molecular weight excluding hydrogens is 425 g/mol. The SMILES string of the molecule is CN1CCC(C(=O)c2cccc(NC(=S)Nc3c(F)c(F)c(F)c(F)c3F)c2)CC1. The number of thiocarbonyl (C=S) groups is 1. The predicted molar refractivity (Wildman–Crippen MR) is 107 cm³/mol. The van der Waals surface area contributed by atoms with Gasteiger partial charge in [0.25, 0.3) is 0 Å². The van der Waals surface area contributed by atoms with Crippen molar-refractivity contribution in [3.05, 3.63) is 58.9 Å². The number of hydrogen-bond acceptors (Lipinski definition) is 3. The van der Waals surface area contributed by atoms with Crippen LogP contribution in [0.25, 0.3) is 0 Å². The summed E-state index contributed by atoms with van der Waals surface area (Å²) < 4.78 is 67.3. The van der Waals surface area contributed by atoms with Gasteiger partial charge >= 0.3 is 0 Å². The van der Waals surface area contributed by atoms with Gasteiger partial charge in [-0.25, -0.2) is 22.0 Å². The lowest BCUT2D eigenvalue weighted by atomic mass is 9.89. The Morgan fingerprint density at radius 1 is 0.967 bits per heavy atom. The average Bonchev–Trinajstić information content (AvgIpc) is 2.74. The number of rotatable bonds is 4. The predicted octanol–water partition coefficient (Wildman–Crippen LogP) is 4.72. The Balaban J connectivity index is 1.73. The normalized spacial score (nSPS) is 15.1. The first-order valence-corrected chi connectivity index (χ1v) is 9.52. The Hall–Kier alpha value is -2.59. The van der Waals surface area contributed by atoms with Crippen LogP contribution in [0, 0.1) is 35.0 Å². The smallest absolute Gasteiger partial charge is 0.200 e. The van der Waals surface area contributed by atoms with Crippen molar-refractivity contribution in [2.24, 2.45) is 5.92 Å². The molecular formula is C20H18F5N3OS. The largest absolute Gasteiger partial charge is 0.332 e. The quantitative estimate of drug-likeness (QED) is 0.236. The summed E-state index contributed by atoms with van der Waals surface area (Å²) >= 11 is 4.92. The van der Waals surface area contributed by atoms with Crippen LogP contribution in [-0.2, 0) is 0 Å².